The summed E-state index contributed by atoms with van der Waals surface area (Å²) in [6, 6.07) is 0. The molecule has 0 aromatic rings. The van der Waals surface area contributed by atoms with Gasteiger partial charge in [-0.3, -0.25) is 4.79 Å². The van der Waals surface area contributed by atoms with Crippen molar-refractivity contribution in [2.75, 3.05) is 6.61 Å². The lowest BCUT2D eigenvalue weighted by Crippen LogP contribution is -2.40. The van der Waals surface area contributed by atoms with Crippen molar-refractivity contribution in [2.24, 2.45) is 5.92 Å². The molecule has 0 fully saturated rings. The molecule has 0 saturated carbocycles. The van der Waals surface area contributed by atoms with Crippen molar-refractivity contribution < 1.29 is 14.3 Å². The van der Waals surface area contributed by atoms with Crippen LogP contribution in [0.4, 0.5) is 0 Å². The Kier molecular flexibility index (Phi) is 10.1. The molecule has 3 nitrogen and oxygen atoms in total. The first kappa shape index (κ1) is 21.9. The summed E-state index contributed by atoms with van der Waals surface area (Å²) in [4.78, 5) is 11.0. The fourth-order valence-corrected chi connectivity index (χ4v) is 2.65. The summed E-state index contributed by atoms with van der Waals surface area (Å²) in [5.41, 5.74) is 0. The first-order chi connectivity index (χ1) is 10.6. The van der Waals surface area contributed by atoms with Crippen LogP contribution in [-0.2, 0) is 9.22 Å². The average Bonchev–Trinajstić information content (AvgIpc) is 2.41. The van der Waals surface area contributed by atoms with Crippen molar-refractivity contribution in [3.8, 4) is 0 Å². The second-order valence-electron chi connectivity index (χ2n) is 7.30. The fraction of sp³-hybridized carbons (Fsp3) is 0.632. The number of rotatable bonds is 10. The summed E-state index contributed by atoms with van der Waals surface area (Å²) in [5, 5.41) is 9.20. The molecule has 23 heavy (non-hydrogen) atoms. The summed E-state index contributed by atoms with van der Waals surface area (Å²) in [5.74, 6) is -0.857. The third-order valence-electron chi connectivity index (χ3n) is 4.20. The van der Waals surface area contributed by atoms with Gasteiger partial charge in [-0.05, 0) is 31.0 Å². The topological polar surface area (TPSA) is 46.5 Å². The normalized spacial score (nSPS) is 15.0. The number of carboxylic acids is 1. The molecular formula is C19H34O3Si. The number of aliphatic carboxylic acids is 1. The van der Waals surface area contributed by atoms with Crippen LogP contribution >= 0.6 is 0 Å². The molecule has 0 spiro atoms. The van der Waals surface area contributed by atoms with Crippen LogP contribution in [0.3, 0.4) is 0 Å². The lowest BCUT2D eigenvalue weighted by atomic mass is 10.0. The largest absolute Gasteiger partial charge is 0.481 e. The molecule has 0 aliphatic rings. The van der Waals surface area contributed by atoms with Crippen LogP contribution < -0.4 is 0 Å². The number of carboxylic acid groups (broad SMARTS) is 1. The lowest BCUT2D eigenvalue weighted by molar-refractivity contribution is -0.137. The van der Waals surface area contributed by atoms with E-state index in [9.17, 15) is 4.79 Å². The second kappa shape index (κ2) is 10.6. The molecule has 0 amide bonds. The van der Waals surface area contributed by atoms with Crippen LogP contribution in [0.1, 0.15) is 47.0 Å². The molecule has 0 aliphatic carbocycles. The van der Waals surface area contributed by atoms with Gasteiger partial charge in [0.2, 0.25) is 0 Å². The van der Waals surface area contributed by atoms with Crippen molar-refractivity contribution in [1.29, 1.82) is 0 Å². The molecule has 0 aromatic heterocycles. The number of carbonyl (C=O) groups is 1. The monoisotopic (exact) mass is 338 g/mol. The summed E-state index contributed by atoms with van der Waals surface area (Å²) in [6.45, 7) is 13.7. The minimum absolute atomic E-state index is 0.0782. The van der Waals surface area contributed by atoms with Crippen LogP contribution in [0.25, 0.3) is 0 Å². The Morgan fingerprint density at radius 1 is 1.13 bits per heavy atom. The van der Waals surface area contributed by atoms with Crippen molar-refractivity contribution in [1.82, 2.24) is 0 Å². The zero-order valence-corrected chi connectivity index (χ0v) is 16.6. The number of allylic oxidation sites excluding steroid dienone is 5. The Hall–Kier alpha value is -1.13. The van der Waals surface area contributed by atoms with E-state index in [1.165, 1.54) is 0 Å². The smallest absolute Gasteiger partial charge is 0.304 e. The van der Waals surface area contributed by atoms with Crippen molar-refractivity contribution >= 4 is 14.3 Å². The maximum absolute atomic E-state index is 11.0. The molecule has 0 heterocycles. The maximum Gasteiger partial charge on any atom is 0.304 e. The van der Waals surface area contributed by atoms with Crippen LogP contribution in [-0.4, -0.2) is 26.0 Å². The van der Waals surface area contributed by atoms with Crippen LogP contribution in [0.5, 0.6) is 0 Å². The summed E-state index contributed by atoms with van der Waals surface area (Å²) in [7, 11) is -1.74. The molecular weight excluding hydrogens is 304 g/mol. The predicted octanol–water partition coefficient (Wildman–Crippen LogP) is 5.57. The van der Waals surface area contributed by atoms with Gasteiger partial charge in [-0.1, -0.05) is 64.2 Å². The lowest BCUT2D eigenvalue weighted by Gasteiger charge is -2.35. The Balaban J connectivity index is 4.53. The van der Waals surface area contributed by atoms with Gasteiger partial charge >= 0.3 is 5.97 Å². The van der Waals surface area contributed by atoms with Gasteiger partial charge in [-0.2, -0.15) is 0 Å². The minimum Gasteiger partial charge on any atom is -0.481 e. The van der Waals surface area contributed by atoms with E-state index in [4.69, 9.17) is 9.53 Å². The second-order valence-corrected chi connectivity index (χ2v) is 12.1. The van der Waals surface area contributed by atoms with E-state index in [2.05, 4.69) is 52.9 Å². The molecule has 0 radical (unpaired) electrons. The molecule has 1 atom stereocenters. The van der Waals surface area contributed by atoms with Crippen LogP contribution in [0.2, 0.25) is 18.1 Å². The van der Waals surface area contributed by atoms with Gasteiger partial charge in [0.05, 0.1) is 13.0 Å². The highest BCUT2D eigenvalue weighted by Gasteiger charge is 2.36. The SMILES string of the molecule is CC/C=C\C/C=C/C(/C=C\CO[Si](C)(C)C(C)(C)C)CC(=O)O. The number of hydrogen-bond acceptors (Lipinski definition) is 2. The van der Waals surface area contributed by atoms with Gasteiger partial charge in [-0.25, -0.2) is 0 Å². The quantitative estimate of drug-likeness (QED) is 0.418. The van der Waals surface area contributed by atoms with E-state index in [1.54, 1.807) is 0 Å². The molecule has 0 bridgehead atoms. The van der Waals surface area contributed by atoms with E-state index in [-0.39, 0.29) is 17.4 Å². The van der Waals surface area contributed by atoms with Crippen LogP contribution in [0, 0.1) is 5.92 Å². The highest BCUT2D eigenvalue weighted by atomic mass is 28.4. The Labute approximate surface area is 143 Å². The third-order valence-corrected chi connectivity index (χ3v) is 8.70. The zero-order valence-electron chi connectivity index (χ0n) is 15.6. The third kappa shape index (κ3) is 10.3. The number of hydrogen-bond donors (Lipinski definition) is 1. The first-order valence-corrected chi connectivity index (χ1v) is 11.3. The van der Waals surface area contributed by atoms with Crippen molar-refractivity contribution in [2.45, 2.75) is 65.1 Å². The highest BCUT2D eigenvalue weighted by Crippen LogP contribution is 2.36. The van der Waals surface area contributed by atoms with Crippen LogP contribution in [0.15, 0.2) is 36.5 Å². The van der Waals surface area contributed by atoms with Gasteiger partial charge in [0.25, 0.3) is 0 Å². The van der Waals surface area contributed by atoms with Gasteiger partial charge < -0.3 is 9.53 Å². The van der Waals surface area contributed by atoms with Gasteiger partial charge in [-0.15, -0.1) is 0 Å². The van der Waals surface area contributed by atoms with E-state index in [0.717, 1.165) is 12.8 Å². The Bertz CT molecular complexity index is 428. The maximum atomic E-state index is 11.0. The van der Waals surface area contributed by atoms with Crippen molar-refractivity contribution in [3.63, 3.8) is 0 Å². The summed E-state index contributed by atoms with van der Waals surface area (Å²) >= 11 is 0. The fourth-order valence-electron chi connectivity index (χ4n) is 1.70. The standard InChI is InChI=1S/C19H34O3Si/c1-7-8-9-10-11-13-17(16-18(20)21)14-12-15-22-23(5,6)19(2,3)4/h8-9,11-14,17H,7,10,15-16H2,1-6H3,(H,20,21)/b9-8-,13-11+,14-12-. The molecule has 1 N–H and O–H groups in total. The summed E-state index contributed by atoms with van der Waals surface area (Å²) in [6.07, 6.45) is 14.1. The predicted molar refractivity (Wildman–Crippen MR) is 101 cm³/mol. The molecule has 4 heteroatoms. The molecule has 0 saturated heterocycles. The zero-order chi connectivity index (χ0) is 17.9. The molecule has 0 aliphatic heterocycles. The van der Waals surface area contributed by atoms with Gasteiger partial charge in [0, 0.05) is 5.92 Å². The molecule has 1 unspecified atom stereocenters. The average molecular weight is 339 g/mol. The van der Waals surface area contributed by atoms with E-state index >= 15 is 0 Å². The minimum atomic E-state index is -1.74. The summed E-state index contributed by atoms with van der Waals surface area (Å²) < 4.78 is 6.08. The first-order valence-electron chi connectivity index (χ1n) is 8.44. The Morgan fingerprint density at radius 2 is 1.74 bits per heavy atom. The van der Waals surface area contributed by atoms with Gasteiger partial charge in [0.1, 0.15) is 0 Å². The Morgan fingerprint density at radius 3 is 2.26 bits per heavy atom. The van der Waals surface area contributed by atoms with Crippen molar-refractivity contribution in [3.05, 3.63) is 36.5 Å². The van der Waals surface area contributed by atoms with E-state index < -0.39 is 14.3 Å². The van der Waals surface area contributed by atoms with Gasteiger partial charge in [0.15, 0.2) is 8.32 Å². The van der Waals surface area contributed by atoms with E-state index in [1.807, 2.05) is 24.3 Å². The highest BCUT2D eigenvalue weighted by molar-refractivity contribution is 6.74. The molecule has 0 rings (SSSR count). The van der Waals surface area contributed by atoms with E-state index in [0.29, 0.717) is 6.61 Å². The molecule has 0 aromatic carbocycles. The molecule has 132 valence electrons.